The zero-order valence-corrected chi connectivity index (χ0v) is 9.85. The molecule has 0 saturated carbocycles. The van der Waals surface area contributed by atoms with Gasteiger partial charge in [-0.3, -0.25) is 14.5 Å². The van der Waals surface area contributed by atoms with Crippen molar-refractivity contribution >= 4 is 26.8 Å². The topological polar surface area (TPSA) is 138 Å². The van der Waals surface area contributed by atoms with Crippen LogP contribution in [0.5, 0.6) is 0 Å². The third kappa shape index (κ3) is 5.76. The first kappa shape index (κ1) is 15.2. The van der Waals surface area contributed by atoms with E-state index in [1.807, 2.05) is 12.1 Å². The molecule has 2 aromatic rings. The van der Waals surface area contributed by atoms with Crippen molar-refractivity contribution in [2.24, 2.45) is 0 Å². The van der Waals surface area contributed by atoms with Crippen molar-refractivity contribution in [3.05, 3.63) is 30.6 Å². The average Bonchev–Trinajstić information content (AvgIpc) is 2.16. The molecule has 5 N–H and O–H groups in total. The van der Waals surface area contributed by atoms with Crippen molar-refractivity contribution < 1.29 is 18.4 Å². The first-order valence-electron chi connectivity index (χ1n) is 4.25. The van der Waals surface area contributed by atoms with Gasteiger partial charge in [-0.25, -0.2) is 0 Å². The van der Waals surface area contributed by atoms with E-state index in [4.69, 9.17) is 10.3 Å². The molecule has 0 aliphatic rings. The zero-order chi connectivity index (χ0) is 12.2. The second kappa shape index (κ2) is 6.09. The lowest BCUT2D eigenvalue weighted by atomic mass is 10.3. The van der Waals surface area contributed by atoms with Crippen LogP contribution in [0.2, 0.25) is 0 Å². The van der Waals surface area contributed by atoms with Crippen molar-refractivity contribution in [1.82, 2.24) is 9.97 Å². The van der Waals surface area contributed by atoms with Gasteiger partial charge in [-0.2, -0.15) is 8.42 Å². The van der Waals surface area contributed by atoms with Crippen molar-refractivity contribution in [3.63, 3.8) is 0 Å². The number of pyridine rings is 2. The number of rotatable bonds is 0. The molecule has 0 fully saturated rings. The molecule has 17 heavy (non-hydrogen) atoms. The highest BCUT2D eigenvalue weighted by molar-refractivity contribution is 7.85. The quantitative estimate of drug-likeness (QED) is 0.633. The first-order valence-corrected chi connectivity index (χ1v) is 6.10. The molecule has 0 amide bonds. The third-order valence-electron chi connectivity index (χ3n) is 1.53. The average molecular weight is 259 g/mol. The summed E-state index contributed by atoms with van der Waals surface area (Å²) in [6, 6.07) is 5.48. The molecule has 0 saturated heterocycles. The van der Waals surface area contributed by atoms with E-state index in [0.29, 0.717) is 11.9 Å². The van der Waals surface area contributed by atoms with Gasteiger partial charge in [0.1, 0.15) is 5.52 Å². The van der Waals surface area contributed by atoms with E-state index in [9.17, 15) is 8.42 Å². The summed E-state index contributed by atoms with van der Waals surface area (Å²) in [5.74, 6) is 0. The Morgan fingerprint density at radius 3 is 2.35 bits per heavy atom. The van der Waals surface area contributed by atoms with E-state index < -0.39 is 10.1 Å². The van der Waals surface area contributed by atoms with Crippen LogP contribution >= 0.6 is 0 Å². The van der Waals surface area contributed by atoms with Gasteiger partial charge in [0.05, 0.1) is 17.5 Å². The predicted octanol–water partition coefficient (Wildman–Crippen LogP) is -0.109. The lowest BCUT2D eigenvalue weighted by Crippen LogP contribution is -1.89. The number of aromatic nitrogens is 2. The van der Waals surface area contributed by atoms with E-state index in [1.165, 1.54) is 0 Å². The van der Waals surface area contributed by atoms with Gasteiger partial charge in [-0.05, 0) is 18.2 Å². The number of hydrogen-bond donors (Lipinski definition) is 2. The molecule has 2 aromatic heterocycles. The molecule has 0 bridgehead atoms. The second-order valence-electron chi connectivity index (χ2n) is 3.00. The molecule has 0 aliphatic carbocycles. The van der Waals surface area contributed by atoms with Gasteiger partial charge < -0.3 is 11.2 Å². The van der Waals surface area contributed by atoms with Crippen LogP contribution in [0.4, 0.5) is 5.69 Å². The minimum Gasteiger partial charge on any atom is -0.412 e. The van der Waals surface area contributed by atoms with Crippen LogP contribution in [0.3, 0.4) is 0 Å². The maximum atomic E-state index is 9.19. The molecule has 2 heterocycles. The van der Waals surface area contributed by atoms with Crippen LogP contribution in [-0.2, 0) is 10.1 Å². The van der Waals surface area contributed by atoms with Crippen molar-refractivity contribution in [1.29, 1.82) is 0 Å². The molecule has 0 aromatic carbocycles. The standard InChI is InChI=1S/C8H7N3.CH4O3S.H2O/c9-6-3-5-10-7-2-1-4-11-8(6)7;1-5(2,3)4;/h1-5H,(H2,9,10);1H3,(H,2,3,4);1H2. The summed E-state index contributed by atoms with van der Waals surface area (Å²) in [5, 5.41) is 0. The highest BCUT2D eigenvalue weighted by Gasteiger charge is 1.95. The van der Waals surface area contributed by atoms with Crippen LogP contribution in [0.1, 0.15) is 0 Å². The number of nitrogen functional groups attached to an aromatic ring is 1. The SMILES string of the molecule is CS(=O)(=O)O.Nc1ccnc2cccnc12.O. The Kier molecular flexibility index (Phi) is 5.45. The lowest BCUT2D eigenvalue weighted by molar-refractivity contribution is 0.490. The Morgan fingerprint density at radius 2 is 1.82 bits per heavy atom. The van der Waals surface area contributed by atoms with Gasteiger partial charge in [-0.1, -0.05) is 0 Å². The van der Waals surface area contributed by atoms with E-state index in [2.05, 4.69) is 9.97 Å². The molecule has 2 rings (SSSR count). The highest BCUT2D eigenvalue weighted by atomic mass is 32.2. The van der Waals surface area contributed by atoms with Gasteiger partial charge in [-0.15, -0.1) is 0 Å². The molecule has 0 spiro atoms. The number of hydrogen-bond acceptors (Lipinski definition) is 5. The van der Waals surface area contributed by atoms with Gasteiger partial charge in [0.2, 0.25) is 0 Å². The highest BCUT2D eigenvalue weighted by Crippen LogP contribution is 2.13. The number of nitrogens with zero attached hydrogens (tertiary/aromatic N) is 2. The number of fused-ring (bicyclic) bond motifs is 1. The smallest absolute Gasteiger partial charge is 0.261 e. The Bertz CT molecular complexity index is 572. The maximum Gasteiger partial charge on any atom is 0.261 e. The maximum absolute atomic E-state index is 9.19. The predicted molar refractivity (Wildman–Crippen MR) is 65.0 cm³/mol. The monoisotopic (exact) mass is 259 g/mol. The molecular formula is C9H13N3O4S. The van der Waals surface area contributed by atoms with Crippen molar-refractivity contribution in [3.8, 4) is 0 Å². The van der Waals surface area contributed by atoms with Crippen LogP contribution in [-0.4, -0.2) is 34.7 Å². The van der Waals surface area contributed by atoms with Crippen molar-refractivity contribution in [2.45, 2.75) is 0 Å². The Labute approximate surface area is 98.4 Å². The molecule has 0 radical (unpaired) electrons. The lowest BCUT2D eigenvalue weighted by Gasteiger charge is -1.96. The van der Waals surface area contributed by atoms with E-state index in [1.54, 1.807) is 18.5 Å². The molecule has 0 unspecified atom stereocenters. The summed E-state index contributed by atoms with van der Waals surface area (Å²) in [4.78, 5) is 8.19. The normalized spacial score (nSPS) is 10.0. The van der Waals surface area contributed by atoms with E-state index in [0.717, 1.165) is 11.0 Å². The number of nitrogens with two attached hydrogens (primary N) is 1. The molecule has 0 atom stereocenters. The van der Waals surface area contributed by atoms with Gasteiger partial charge in [0.15, 0.2) is 0 Å². The Hall–Kier alpha value is -1.77. The van der Waals surface area contributed by atoms with Crippen molar-refractivity contribution in [2.75, 3.05) is 12.0 Å². The largest absolute Gasteiger partial charge is 0.412 e. The van der Waals surface area contributed by atoms with Gasteiger partial charge in [0, 0.05) is 12.4 Å². The van der Waals surface area contributed by atoms with E-state index >= 15 is 0 Å². The van der Waals surface area contributed by atoms with Crippen LogP contribution < -0.4 is 5.73 Å². The van der Waals surface area contributed by atoms with Gasteiger partial charge >= 0.3 is 0 Å². The minimum atomic E-state index is -3.67. The zero-order valence-electron chi connectivity index (χ0n) is 9.03. The second-order valence-corrected chi connectivity index (χ2v) is 4.47. The fraction of sp³-hybridized carbons (Fsp3) is 0.111. The molecule has 94 valence electrons. The van der Waals surface area contributed by atoms with E-state index in [-0.39, 0.29) is 5.48 Å². The molecule has 7 nitrogen and oxygen atoms in total. The number of anilines is 1. The van der Waals surface area contributed by atoms with Crippen LogP contribution in [0.25, 0.3) is 11.0 Å². The summed E-state index contributed by atoms with van der Waals surface area (Å²) >= 11 is 0. The molecular weight excluding hydrogens is 246 g/mol. The van der Waals surface area contributed by atoms with Crippen LogP contribution in [0, 0.1) is 0 Å². The summed E-state index contributed by atoms with van der Waals surface area (Å²) in [7, 11) is -3.67. The third-order valence-corrected chi connectivity index (χ3v) is 1.53. The minimum absolute atomic E-state index is 0. The fourth-order valence-corrected chi connectivity index (χ4v) is 1.00. The molecule has 0 aliphatic heterocycles. The Balaban J connectivity index is 0.000000373. The summed E-state index contributed by atoms with van der Waals surface area (Å²) in [6.07, 6.45) is 4.10. The van der Waals surface area contributed by atoms with Crippen LogP contribution in [0.15, 0.2) is 30.6 Å². The fourth-order valence-electron chi connectivity index (χ4n) is 1.00. The molecule has 8 heteroatoms. The summed E-state index contributed by atoms with van der Waals surface area (Å²) in [6.45, 7) is 0. The summed E-state index contributed by atoms with van der Waals surface area (Å²) in [5.41, 5.74) is 7.94. The Morgan fingerprint density at radius 1 is 1.24 bits per heavy atom. The first-order chi connectivity index (χ1) is 7.38. The van der Waals surface area contributed by atoms with Gasteiger partial charge in [0.25, 0.3) is 10.1 Å². The summed E-state index contributed by atoms with van der Waals surface area (Å²) < 4.78 is 25.9.